The minimum atomic E-state index is -0.840. The molecule has 2 aromatic rings. The van der Waals surface area contributed by atoms with Gasteiger partial charge >= 0.3 is 0 Å². The third-order valence-corrected chi connectivity index (χ3v) is 4.94. The van der Waals surface area contributed by atoms with Crippen LogP contribution in [0, 0.1) is 23.7 Å². The normalized spacial score (nSPS) is 15.2. The molecule has 4 nitrogen and oxygen atoms in total. The van der Waals surface area contributed by atoms with E-state index in [-0.39, 0.29) is 5.91 Å². The summed E-state index contributed by atoms with van der Waals surface area (Å²) in [6.07, 6.45) is 5.87. The van der Waals surface area contributed by atoms with Gasteiger partial charge in [-0.25, -0.2) is 0 Å². The number of amides is 1. The first-order valence-corrected chi connectivity index (χ1v) is 9.03. The van der Waals surface area contributed by atoms with Crippen LogP contribution in [-0.2, 0) is 4.79 Å². The van der Waals surface area contributed by atoms with Gasteiger partial charge in [0.05, 0.1) is 6.07 Å². The van der Waals surface area contributed by atoms with Crippen LogP contribution < -0.4 is 5.32 Å². The van der Waals surface area contributed by atoms with Crippen molar-refractivity contribution < 1.29 is 4.79 Å². The molecule has 0 unspecified atom stereocenters. The van der Waals surface area contributed by atoms with Crippen molar-refractivity contribution in [3.05, 3.63) is 53.9 Å². The number of aryl methyl sites for hydroxylation is 1. The van der Waals surface area contributed by atoms with Crippen LogP contribution in [0.2, 0.25) is 0 Å². The van der Waals surface area contributed by atoms with Crippen molar-refractivity contribution in [1.82, 2.24) is 4.98 Å². The molecule has 1 saturated carbocycles. The largest absolute Gasteiger partial charge is 0.325 e. The number of aromatic nitrogens is 1. The lowest BCUT2D eigenvalue weighted by Crippen LogP contribution is -2.22. The molecule has 1 amide bonds. The second-order valence-corrected chi connectivity index (χ2v) is 6.95. The van der Waals surface area contributed by atoms with Crippen LogP contribution in [0.15, 0.2) is 42.6 Å². The lowest BCUT2D eigenvalue weighted by Gasteiger charge is -2.11. The number of benzene rings is 1. The molecule has 3 rings (SSSR count). The monoisotopic (exact) mass is 365 g/mol. The van der Waals surface area contributed by atoms with E-state index < -0.39 is 5.41 Å². The van der Waals surface area contributed by atoms with Crippen LogP contribution in [-0.4, -0.2) is 10.9 Å². The van der Waals surface area contributed by atoms with Crippen molar-refractivity contribution in [2.24, 2.45) is 5.41 Å². The minimum absolute atomic E-state index is 0.228. The zero-order valence-electron chi connectivity index (χ0n) is 14.8. The predicted octanol–water partition coefficient (Wildman–Crippen LogP) is 5.29. The van der Waals surface area contributed by atoms with Gasteiger partial charge in [-0.15, -0.1) is 0 Å². The SMILES string of the molecule is CC/C=C(/Cl)c1cc(-c2cccc(NC(=O)C3(C#N)CC3)c2)cnc1C. The molecule has 0 saturated heterocycles. The Kier molecular flexibility index (Phi) is 5.11. The van der Waals surface area contributed by atoms with Crippen molar-refractivity contribution in [1.29, 1.82) is 5.26 Å². The van der Waals surface area contributed by atoms with Gasteiger partial charge in [-0.3, -0.25) is 9.78 Å². The zero-order chi connectivity index (χ0) is 18.7. The van der Waals surface area contributed by atoms with Crippen LogP contribution in [0.1, 0.15) is 37.4 Å². The number of pyridine rings is 1. The number of carbonyl (C=O) groups is 1. The lowest BCUT2D eigenvalue weighted by molar-refractivity contribution is -0.119. The summed E-state index contributed by atoms with van der Waals surface area (Å²) in [5.41, 5.74) is 3.46. The Labute approximate surface area is 158 Å². The molecule has 5 heteroatoms. The molecule has 1 heterocycles. The molecule has 26 heavy (non-hydrogen) atoms. The summed E-state index contributed by atoms with van der Waals surface area (Å²) in [5.74, 6) is -0.228. The van der Waals surface area contributed by atoms with Gasteiger partial charge in [0.2, 0.25) is 5.91 Å². The van der Waals surface area contributed by atoms with Gasteiger partial charge in [0.25, 0.3) is 0 Å². The summed E-state index contributed by atoms with van der Waals surface area (Å²) < 4.78 is 0. The lowest BCUT2D eigenvalue weighted by atomic mass is 10.0. The molecule has 0 bridgehead atoms. The molecule has 1 fully saturated rings. The van der Waals surface area contributed by atoms with Gasteiger partial charge in [0, 0.05) is 33.7 Å². The fourth-order valence-electron chi connectivity index (χ4n) is 2.76. The Morgan fingerprint density at radius 2 is 2.15 bits per heavy atom. The molecule has 0 atom stereocenters. The molecule has 1 aromatic carbocycles. The fourth-order valence-corrected chi connectivity index (χ4v) is 3.11. The summed E-state index contributed by atoms with van der Waals surface area (Å²) in [4.78, 5) is 16.7. The van der Waals surface area contributed by atoms with E-state index in [1.807, 2.05) is 50.3 Å². The highest BCUT2D eigenvalue weighted by molar-refractivity contribution is 6.48. The molecule has 1 N–H and O–H groups in total. The van der Waals surface area contributed by atoms with E-state index in [0.717, 1.165) is 28.8 Å². The van der Waals surface area contributed by atoms with Crippen LogP contribution in [0.3, 0.4) is 0 Å². The van der Waals surface area contributed by atoms with Gasteiger partial charge < -0.3 is 5.32 Å². The molecule has 1 aliphatic rings. The number of hydrogen-bond donors (Lipinski definition) is 1. The Bertz CT molecular complexity index is 923. The van der Waals surface area contributed by atoms with Gasteiger partial charge in [0.15, 0.2) is 0 Å². The smallest absolute Gasteiger partial charge is 0.244 e. The number of nitrogens with one attached hydrogen (secondary N) is 1. The standard InChI is InChI=1S/C21H20ClN3O/c1-3-5-19(22)18-11-16(12-24-14(18)2)15-6-4-7-17(10-15)25-20(26)21(13-23)8-9-21/h4-7,10-12H,3,8-9H2,1-2H3,(H,25,26)/b19-5+. The van der Waals surface area contributed by atoms with E-state index in [4.69, 9.17) is 16.9 Å². The minimum Gasteiger partial charge on any atom is -0.325 e. The highest BCUT2D eigenvalue weighted by Gasteiger charge is 2.50. The van der Waals surface area contributed by atoms with Crippen LogP contribution in [0.4, 0.5) is 5.69 Å². The summed E-state index contributed by atoms with van der Waals surface area (Å²) >= 11 is 6.38. The summed E-state index contributed by atoms with van der Waals surface area (Å²) in [6.45, 7) is 3.97. The van der Waals surface area contributed by atoms with Crippen LogP contribution >= 0.6 is 11.6 Å². The van der Waals surface area contributed by atoms with E-state index in [0.29, 0.717) is 23.6 Å². The summed E-state index contributed by atoms with van der Waals surface area (Å²) in [7, 11) is 0. The molecule has 1 aliphatic carbocycles. The van der Waals surface area contributed by atoms with Crippen molar-refractivity contribution >= 4 is 28.2 Å². The maximum absolute atomic E-state index is 12.3. The first kappa shape index (κ1) is 18.2. The van der Waals surface area contributed by atoms with E-state index in [9.17, 15) is 4.79 Å². The number of rotatable bonds is 5. The van der Waals surface area contributed by atoms with Crippen molar-refractivity contribution in [2.75, 3.05) is 5.32 Å². The number of halogens is 1. The van der Waals surface area contributed by atoms with Crippen molar-refractivity contribution in [3.63, 3.8) is 0 Å². The molecule has 1 aromatic heterocycles. The third kappa shape index (κ3) is 3.63. The number of nitrogens with zero attached hydrogens (tertiary/aromatic N) is 2. The Morgan fingerprint density at radius 3 is 2.81 bits per heavy atom. The maximum atomic E-state index is 12.3. The van der Waals surface area contributed by atoms with Crippen LogP contribution in [0.5, 0.6) is 0 Å². The Hall–Kier alpha value is -2.64. The number of carbonyl (C=O) groups excluding carboxylic acids is 1. The quantitative estimate of drug-likeness (QED) is 0.782. The van der Waals surface area contributed by atoms with Crippen molar-refractivity contribution in [2.45, 2.75) is 33.1 Å². The molecule has 0 radical (unpaired) electrons. The first-order chi connectivity index (χ1) is 12.5. The number of allylic oxidation sites excluding steroid dienone is 1. The van der Waals surface area contributed by atoms with Gasteiger partial charge in [-0.2, -0.15) is 5.26 Å². The average molecular weight is 366 g/mol. The molecule has 132 valence electrons. The van der Waals surface area contributed by atoms with Gasteiger partial charge in [-0.1, -0.05) is 36.7 Å². The highest BCUT2D eigenvalue weighted by Crippen LogP contribution is 2.45. The molecular weight excluding hydrogens is 346 g/mol. The van der Waals surface area contributed by atoms with Crippen LogP contribution in [0.25, 0.3) is 16.2 Å². The van der Waals surface area contributed by atoms with Gasteiger partial charge in [-0.05, 0) is 49.9 Å². The number of hydrogen-bond acceptors (Lipinski definition) is 3. The van der Waals surface area contributed by atoms with E-state index in [1.165, 1.54) is 0 Å². The molecular formula is C21H20ClN3O. The third-order valence-electron chi connectivity index (χ3n) is 4.58. The molecule has 0 aliphatic heterocycles. The van der Waals surface area contributed by atoms with Crippen molar-refractivity contribution in [3.8, 4) is 17.2 Å². The second-order valence-electron chi connectivity index (χ2n) is 6.55. The zero-order valence-corrected chi connectivity index (χ0v) is 15.6. The van der Waals surface area contributed by atoms with E-state index >= 15 is 0 Å². The Balaban J connectivity index is 1.89. The average Bonchev–Trinajstić information content (AvgIpc) is 3.44. The first-order valence-electron chi connectivity index (χ1n) is 8.65. The predicted molar refractivity (Wildman–Crippen MR) is 104 cm³/mol. The Morgan fingerprint density at radius 1 is 1.38 bits per heavy atom. The van der Waals surface area contributed by atoms with E-state index in [1.54, 1.807) is 6.20 Å². The number of anilines is 1. The maximum Gasteiger partial charge on any atom is 0.244 e. The summed E-state index contributed by atoms with van der Waals surface area (Å²) in [5, 5.41) is 12.7. The highest BCUT2D eigenvalue weighted by atomic mass is 35.5. The van der Waals surface area contributed by atoms with E-state index in [2.05, 4.69) is 16.4 Å². The topological polar surface area (TPSA) is 65.8 Å². The molecule has 0 spiro atoms. The fraction of sp³-hybridized carbons (Fsp3) is 0.286. The second kappa shape index (κ2) is 7.31. The summed E-state index contributed by atoms with van der Waals surface area (Å²) in [6, 6.07) is 11.7. The van der Waals surface area contributed by atoms with Gasteiger partial charge in [0.1, 0.15) is 5.41 Å². The number of nitriles is 1.